The summed E-state index contributed by atoms with van der Waals surface area (Å²) in [6, 6.07) is 12.7. The minimum absolute atomic E-state index is 0.0704. The van der Waals surface area contributed by atoms with Gasteiger partial charge in [0.25, 0.3) is 0 Å². The fourth-order valence-electron chi connectivity index (χ4n) is 3.68. The van der Waals surface area contributed by atoms with Crippen molar-refractivity contribution in [2.75, 3.05) is 0 Å². The van der Waals surface area contributed by atoms with Crippen molar-refractivity contribution in [3.8, 4) is 0 Å². The maximum Gasteiger partial charge on any atom is 0.194 e. The van der Waals surface area contributed by atoms with E-state index in [9.17, 15) is 14.7 Å². The van der Waals surface area contributed by atoms with Crippen molar-refractivity contribution in [3.63, 3.8) is 0 Å². The van der Waals surface area contributed by atoms with Gasteiger partial charge in [-0.05, 0) is 24.3 Å². The van der Waals surface area contributed by atoms with Crippen molar-refractivity contribution in [3.05, 3.63) is 91.0 Å². The van der Waals surface area contributed by atoms with Gasteiger partial charge < -0.3 is 15.5 Å². The second-order valence-corrected chi connectivity index (χ2v) is 6.87. The van der Waals surface area contributed by atoms with E-state index in [1.807, 2.05) is 0 Å². The summed E-state index contributed by atoms with van der Waals surface area (Å²) >= 11 is 6.27. The van der Waals surface area contributed by atoms with E-state index in [1.165, 1.54) is 6.07 Å². The molecule has 1 aliphatic carbocycles. The molecule has 0 atom stereocenters. The van der Waals surface area contributed by atoms with Crippen LogP contribution in [0.5, 0.6) is 0 Å². The third-order valence-corrected chi connectivity index (χ3v) is 5.29. The fourth-order valence-corrected chi connectivity index (χ4v) is 3.89. The van der Waals surface area contributed by atoms with Crippen molar-refractivity contribution in [1.29, 1.82) is 5.41 Å². The predicted molar refractivity (Wildman–Crippen MR) is 103 cm³/mol. The standard InChI is InChI=1S/C21H11ClN2O3/c22-14-5-6-15(23)11-7-12-16(25)8-13-17(19(12)24-18(11)14)21(27)10-4-2-1-3-9(10)20(13)26/h1-8,23-24,27H. The highest BCUT2D eigenvalue weighted by Gasteiger charge is 2.26. The number of hydrogen-bond acceptors (Lipinski definition) is 4. The normalized spacial score (nSPS) is 13.1. The molecule has 0 saturated carbocycles. The highest BCUT2D eigenvalue weighted by atomic mass is 35.5. The maximum atomic E-state index is 12.9. The molecule has 0 bridgehead atoms. The van der Waals surface area contributed by atoms with Crippen LogP contribution in [-0.2, 0) is 0 Å². The molecule has 5 nitrogen and oxygen atoms in total. The van der Waals surface area contributed by atoms with Crippen LogP contribution in [0.3, 0.4) is 0 Å². The molecule has 0 spiro atoms. The van der Waals surface area contributed by atoms with Gasteiger partial charge in [0.15, 0.2) is 11.2 Å². The third-order valence-electron chi connectivity index (χ3n) is 4.97. The van der Waals surface area contributed by atoms with Crippen molar-refractivity contribution in [2.24, 2.45) is 0 Å². The first-order chi connectivity index (χ1) is 13.0. The number of halogens is 1. The second kappa shape index (κ2) is 5.28. The van der Waals surface area contributed by atoms with Gasteiger partial charge in [0, 0.05) is 27.5 Å². The lowest BCUT2D eigenvalue weighted by Gasteiger charge is -2.17. The number of nitrogens with one attached hydrogen (secondary N) is 2. The molecule has 27 heavy (non-hydrogen) atoms. The molecule has 0 fully saturated rings. The van der Waals surface area contributed by atoms with Crippen LogP contribution < -0.4 is 16.0 Å². The summed E-state index contributed by atoms with van der Waals surface area (Å²) in [6.07, 6.45) is 0. The number of fused-ring (bicyclic) bond motifs is 5. The Bertz CT molecular complexity index is 1500. The van der Waals surface area contributed by atoms with E-state index in [-0.39, 0.29) is 38.5 Å². The lowest BCUT2D eigenvalue weighted by atomic mass is 9.88. The van der Waals surface area contributed by atoms with Gasteiger partial charge in [-0.3, -0.25) is 9.59 Å². The molecule has 1 aliphatic rings. The molecule has 0 aliphatic heterocycles. The van der Waals surface area contributed by atoms with E-state index >= 15 is 0 Å². The number of aromatic nitrogens is 1. The number of aliphatic hydroxyl groups is 1. The van der Waals surface area contributed by atoms with E-state index in [4.69, 9.17) is 17.0 Å². The van der Waals surface area contributed by atoms with Crippen LogP contribution in [0.25, 0.3) is 27.6 Å². The Morgan fingerprint density at radius 1 is 0.889 bits per heavy atom. The topological polar surface area (TPSA) is 94.0 Å². The predicted octanol–water partition coefficient (Wildman–Crippen LogP) is 2.79. The van der Waals surface area contributed by atoms with Crippen LogP contribution >= 0.6 is 11.6 Å². The number of ketones is 1. The molecule has 5 rings (SSSR count). The molecule has 1 aromatic heterocycles. The number of hydrogen-bond donors (Lipinski definition) is 3. The fraction of sp³-hybridized carbons (Fsp3) is 0. The largest absolute Gasteiger partial charge is 0.507 e. The lowest BCUT2D eigenvalue weighted by Crippen LogP contribution is -2.29. The first-order valence-electron chi connectivity index (χ1n) is 8.21. The van der Waals surface area contributed by atoms with Gasteiger partial charge in [0.2, 0.25) is 0 Å². The molecule has 3 aromatic carbocycles. The summed E-state index contributed by atoms with van der Waals surface area (Å²) in [5.41, 5.74) is 1.37. The van der Waals surface area contributed by atoms with Gasteiger partial charge >= 0.3 is 0 Å². The minimum Gasteiger partial charge on any atom is -0.507 e. The number of aromatic amines is 1. The van der Waals surface area contributed by atoms with Gasteiger partial charge in [-0.25, -0.2) is 0 Å². The molecule has 4 aromatic rings. The molecule has 1 heterocycles. The molecule has 130 valence electrons. The van der Waals surface area contributed by atoms with Crippen LogP contribution in [0.2, 0.25) is 5.02 Å². The smallest absolute Gasteiger partial charge is 0.194 e. The summed E-state index contributed by atoms with van der Waals surface area (Å²) in [4.78, 5) is 28.7. The first kappa shape index (κ1) is 15.8. The number of pyridine rings is 1. The third kappa shape index (κ3) is 2.03. The Morgan fingerprint density at radius 3 is 2.41 bits per heavy atom. The number of aliphatic hydroxyl groups excluding tert-OH is 1. The van der Waals surface area contributed by atoms with E-state index in [0.29, 0.717) is 32.6 Å². The second-order valence-electron chi connectivity index (χ2n) is 6.46. The van der Waals surface area contributed by atoms with Crippen molar-refractivity contribution in [2.45, 2.75) is 0 Å². The molecule has 0 saturated heterocycles. The quantitative estimate of drug-likeness (QED) is 0.413. The van der Waals surface area contributed by atoms with E-state index in [0.717, 1.165) is 0 Å². The Kier molecular flexibility index (Phi) is 3.09. The summed E-state index contributed by atoms with van der Waals surface area (Å²) < 4.78 is 0. The lowest BCUT2D eigenvalue weighted by molar-refractivity contribution is 0.103. The molecule has 3 N–H and O–H groups in total. The molecular formula is C21H11ClN2O3. The zero-order chi connectivity index (χ0) is 18.9. The minimum atomic E-state index is -0.359. The molecule has 0 radical (unpaired) electrons. The van der Waals surface area contributed by atoms with E-state index < -0.39 is 0 Å². The summed E-state index contributed by atoms with van der Waals surface area (Å²) in [5, 5.41) is 20.6. The van der Waals surface area contributed by atoms with Crippen molar-refractivity contribution < 1.29 is 9.90 Å². The van der Waals surface area contributed by atoms with E-state index in [2.05, 4.69) is 4.98 Å². The van der Waals surface area contributed by atoms with Crippen LogP contribution in [0, 0.1) is 5.41 Å². The Morgan fingerprint density at radius 2 is 1.63 bits per heavy atom. The summed E-state index contributed by atoms with van der Waals surface area (Å²) in [6.45, 7) is 0. The average molecular weight is 375 g/mol. The van der Waals surface area contributed by atoms with Crippen LogP contribution in [0.15, 0.2) is 53.3 Å². The monoisotopic (exact) mass is 374 g/mol. The first-order valence-corrected chi connectivity index (χ1v) is 8.59. The Labute approximate surface area is 156 Å². The molecule has 0 unspecified atom stereocenters. The highest BCUT2D eigenvalue weighted by Crippen LogP contribution is 2.25. The zero-order valence-corrected chi connectivity index (χ0v) is 14.5. The molecule has 6 heteroatoms. The van der Waals surface area contributed by atoms with Gasteiger partial charge in [-0.15, -0.1) is 0 Å². The number of H-pyrrole nitrogens is 1. The maximum absolute atomic E-state index is 12.9. The Hall–Kier alpha value is -3.44. The van der Waals surface area contributed by atoms with Crippen LogP contribution in [0.1, 0.15) is 21.5 Å². The van der Waals surface area contributed by atoms with E-state index in [1.54, 1.807) is 42.5 Å². The van der Waals surface area contributed by atoms with Crippen molar-refractivity contribution >= 4 is 44.9 Å². The number of carbonyl (C=O) groups is 1. The van der Waals surface area contributed by atoms with Gasteiger partial charge in [0.05, 0.1) is 26.6 Å². The number of rotatable bonds is 0. The van der Waals surface area contributed by atoms with Crippen molar-refractivity contribution in [1.82, 2.24) is 4.98 Å². The van der Waals surface area contributed by atoms with Gasteiger partial charge in [-0.1, -0.05) is 35.9 Å². The van der Waals surface area contributed by atoms with Crippen LogP contribution in [0.4, 0.5) is 0 Å². The zero-order valence-electron chi connectivity index (χ0n) is 13.8. The molecule has 0 amide bonds. The number of benzene rings is 3. The SMILES string of the molecule is N=c1ccc(Cl)c2[nH]c3c4c(cc(=O)c3cc12)C(=O)c1ccccc1C=4O. The summed E-state index contributed by atoms with van der Waals surface area (Å²) in [7, 11) is 0. The summed E-state index contributed by atoms with van der Waals surface area (Å²) in [5.74, 6) is -0.384. The van der Waals surface area contributed by atoms with Gasteiger partial charge in [0.1, 0.15) is 5.76 Å². The molecular weight excluding hydrogens is 364 g/mol. The Balaban J connectivity index is 2.10. The number of carbonyl (C=O) groups excluding carboxylic acids is 1. The average Bonchev–Trinajstić information content (AvgIpc) is 2.68. The highest BCUT2D eigenvalue weighted by molar-refractivity contribution is 6.35. The van der Waals surface area contributed by atoms with Gasteiger partial charge in [-0.2, -0.15) is 0 Å². The van der Waals surface area contributed by atoms with Crippen LogP contribution in [-0.4, -0.2) is 15.9 Å².